The van der Waals surface area contributed by atoms with Crippen molar-refractivity contribution in [3.05, 3.63) is 42.1 Å². The highest BCUT2D eigenvalue weighted by Crippen LogP contribution is 2.24. The van der Waals surface area contributed by atoms with Gasteiger partial charge in [0.2, 0.25) is 5.91 Å². The zero-order chi connectivity index (χ0) is 22.0. The first-order valence-corrected chi connectivity index (χ1v) is 10.8. The molecule has 1 aromatic carbocycles. The number of hydrogen-bond donors (Lipinski definition) is 1. The van der Waals surface area contributed by atoms with Crippen molar-refractivity contribution in [1.82, 2.24) is 19.7 Å². The summed E-state index contributed by atoms with van der Waals surface area (Å²) in [5.74, 6) is 1.35. The summed E-state index contributed by atoms with van der Waals surface area (Å²) in [6.07, 6.45) is 1.45. The van der Waals surface area contributed by atoms with Gasteiger partial charge in [-0.15, -0.1) is 0 Å². The number of likely N-dealkylation sites (N-methyl/N-ethyl adjacent to an activating group) is 1. The van der Waals surface area contributed by atoms with E-state index in [1.54, 1.807) is 16.6 Å². The third kappa shape index (κ3) is 4.49. The Morgan fingerprint density at radius 3 is 2.68 bits per heavy atom. The normalized spacial score (nSPS) is 15.3. The number of rotatable bonds is 6. The van der Waals surface area contributed by atoms with Gasteiger partial charge in [-0.3, -0.25) is 19.4 Å². The van der Waals surface area contributed by atoms with Crippen LogP contribution in [0.4, 0.5) is 5.82 Å². The van der Waals surface area contributed by atoms with Gasteiger partial charge in [0.25, 0.3) is 0 Å². The summed E-state index contributed by atoms with van der Waals surface area (Å²) in [5.41, 5.74) is 1.86. The van der Waals surface area contributed by atoms with Gasteiger partial charge in [-0.2, -0.15) is 5.10 Å². The number of hydrogen-bond acceptors (Lipinski definition) is 5. The van der Waals surface area contributed by atoms with Gasteiger partial charge >= 0.3 is 5.97 Å². The predicted molar refractivity (Wildman–Crippen MR) is 119 cm³/mol. The van der Waals surface area contributed by atoms with Gasteiger partial charge in [-0.05, 0) is 51.9 Å². The highest BCUT2D eigenvalue weighted by atomic mass is 16.5. The fraction of sp³-hybridized carbons (Fsp3) is 0.435. The number of aryl methyl sites for hydroxylation is 1. The molecule has 0 atom stereocenters. The maximum absolute atomic E-state index is 13.0. The first-order valence-electron chi connectivity index (χ1n) is 10.8. The maximum Gasteiger partial charge on any atom is 0.309 e. The first-order chi connectivity index (χ1) is 15.0. The molecule has 0 spiro atoms. The molecule has 1 N–H and O–H groups in total. The molecule has 4 rings (SSSR count). The summed E-state index contributed by atoms with van der Waals surface area (Å²) in [7, 11) is 1.78. The third-order valence-electron chi connectivity index (χ3n) is 5.84. The number of likely N-dealkylation sites (tertiary alicyclic amines) is 1. The van der Waals surface area contributed by atoms with Gasteiger partial charge in [-0.1, -0.05) is 18.2 Å². The lowest BCUT2D eigenvalue weighted by atomic mass is 9.97. The molecule has 31 heavy (non-hydrogen) atoms. The van der Waals surface area contributed by atoms with E-state index in [9.17, 15) is 9.59 Å². The fourth-order valence-electron chi connectivity index (χ4n) is 4.09. The van der Waals surface area contributed by atoms with Crippen molar-refractivity contribution in [1.29, 1.82) is 0 Å². The van der Waals surface area contributed by atoms with Crippen LogP contribution < -0.4 is 4.90 Å². The van der Waals surface area contributed by atoms with Crippen molar-refractivity contribution in [2.75, 3.05) is 38.2 Å². The zero-order valence-corrected chi connectivity index (χ0v) is 18.3. The molecule has 0 radical (unpaired) electrons. The summed E-state index contributed by atoms with van der Waals surface area (Å²) < 4.78 is 6.91. The van der Waals surface area contributed by atoms with Gasteiger partial charge in [0.15, 0.2) is 0 Å². The Hall–Kier alpha value is -3.13. The molecule has 1 aliphatic rings. The van der Waals surface area contributed by atoms with Crippen LogP contribution in [0.25, 0.3) is 16.7 Å². The molecule has 1 saturated heterocycles. The Labute approximate surface area is 181 Å². The summed E-state index contributed by atoms with van der Waals surface area (Å²) in [6.45, 7) is 5.88. The van der Waals surface area contributed by atoms with Crippen LogP contribution in [0.5, 0.6) is 0 Å². The highest BCUT2D eigenvalue weighted by molar-refractivity contribution is 5.94. The number of carbonyl (C=O) groups is 2. The van der Waals surface area contributed by atoms with Crippen LogP contribution in [0.3, 0.4) is 0 Å². The molecule has 164 valence electrons. The van der Waals surface area contributed by atoms with Crippen molar-refractivity contribution in [2.24, 2.45) is 5.92 Å². The minimum Gasteiger partial charge on any atom is -0.466 e. The molecule has 2 aromatic heterocycles. The van der Waals surface area contributed by atoms with Gasteiger partial charge < -0.3 is 9.72 Å². The van der Waals surface area contributed by atoms with Gasteiger partial charge in [-0.25, -0.2) is 4.68 Å². The Balaban J connectivity index is 1.45. The number of nitrogens with one attached hydrogen (secondary N) is 1. The third-order valence-corrected chi connectivity index (χ3v) is 5.84. The quantitative estimate of drug-likeness (QED) is 0.617. The van der Waals surface area contributed by atoms with Crippen LogP contribution in [-0.2, 0) is 14.3 Å². The van der Waals surface area contributed by atoms with Crippen molar-refractivity contribution in [3.63, 3.8) is 0 Å². The monoisotopic (exact) mass is 423 g/mol. The summed E-state index contributed by atoms with van der Waals surface area (Å²) >= 11 is 0. The molecule has 8 nitrogen and oxygen atoms in total. The molecule has 3 heterocycles. The Kier molecular flexibility index (Phi) is 6.08. The molecular formula is C23H29N5O3. The number of amides is 1. The van der Waals surface area contributed by atoms with E-state index in [1.807, 2.05) is 50.2 Å². The molecule has 1 fully saturated rings. The predicted octanol–water partition coefficient (Wildman–Crippen LogP) is 2.90. The molecule has 0 bridgehead atoms. The lowest BCUT2D eigenvalue weighted by Crippen LogP contribution is -2.43. The number of ether oxygens (including phenoxy) is 1. The van der Waals surface area contributed by atoms with E-state index in [2.05, 4.69) is 15.0 Å². The molecular weight excluding hydrogens is 394 g/mol. The fourth-order valence-corrected chi connectivity index (χ4v) is 4.09. The number of anilines is 1. The number of para-hydroxylation sites is 1. The van der Waals surface area contributed by atoms with E-state index in [0.29, 0.717) is 26.2 Å². The van der Waals surface area contributed by atoms with E-state index in [-0.39, 0.29) is 17.8 Å². The number of piperidine rings is 1. The highest BCUT2D eigenvalue weighted by Gasteiger charge is 2.28. The number of H-pyrrole nitrogens is 1. The lowest BCUT2D eigenvalue weighted by molar-refractivity contribution is -0.149. The maximum atomic E-state index is 13.0. The van der Waals surface area contributed by atoms with Crippen molar-refractivity contribution >= 4 is 28.6 Å². The summed E-state index contributed by atoms with van der Waals surface area (Å²) in [5, 5.41) is 5.69. The number of fused-ring (bicyclic) bond motifs is 1. The van der Waals surface area contributed by atoms with Crippen LogP contribution in [0.1, 0.15) is 25.5 Å². The average molecular weight is 424 g/mol. The summed E-state index contributed by atoms with van der Waals surface area (Å²) in [6, 6.07) is 12.0. The standard InChI is InChI=1S/C23H29N5O3/c1-4-31-23(30)17-9-11-27(12-10-17)15-22(29)26(3)21-13-16(2)25-28(21)20-14-18-7-5-6-8-19(18)24-20/h5-8,13-14,17,24H,4,9-12,15H2,1-3H3. The van der Waals surface area contributed by atoms with Crippen molar-refractivity contribution < 1.29 is 14.3 Å². The molecule has 0 unspecified atom stereocenters. The smallest absolute Gasteiger partial charge is 0.309 e. The number of aromatic amines is 1. The van der Waals surface area contributed by atoms with Gasteiger partial charge in [0.1, 0.15) is 11.6 Å². The van der Waals surface area contributed by atoms with E-state index in [4.69, 9.17) is 4.74 Å². The van der Waals surface area contributed by atoms with Crippen molar-refractivity contribution in [2.45, 2.75) is 26.7 Å². The van der Waals surface area contributed by atoms with Crippen molar-refractivity contribution in [3.8, 4) is 5.82 Å². The number of aromatic nitrogens is 3. The number of nitrogens with zero attached hydrogens (tertiary/aromatic N) is 4. The topological polar surface area (TPSA) is 83.5 Å². The molecule has 0 aliphatic carbocycles. The van der Waals surface area contributed by atoms with E-state index in [1.165, 1.54) is 0 Å². The van der Waals surface area contributed by atoms with E-state index >= 15 is 0 Å². The van der Waals surface area contributed by atoms with E-state index < -0.39 is 0 Å². The molecule has 0 saturated carbocycles. The van der Waals surface area contributed by atoms with Crippen LogP contribution in [0, 0.1) is 12.8 Å². The molecule has 3 aromatic rings. The molecule has 1 amide bonds. The Morgan fingerprint density at radius 2 is 1.97 bits per heavy atom. The molecule has 1 aliphatic heterocycles. The second kappa shape index (κ2) is 8.93. The number of benzene rings is 1. The molecule has 8 heteroatoms. The van der Waals surface area contributed by atoms with Crippen LogP contribution in [0.2, 0.25) is 0 Å². The number of carbonyl (C=O) groups excluding carboxylic acids is 2. The minimum atomic E-state index is -0.122. The van der Waals surface area contributed by atoms with E-state index in [0.717, 1.165) is 41.1 Å². The second-order valence-corrected chi connectivity index (χ2v) is 8.05. The average Bonchev–Trinajstić information content (AvgIpc) is 3.37. The minimum absolute atomic E-state index is 0.00755. The van der Waals surface area contributed by atoms with Crippen LogP contribution >= 0.6 is 0 Å². The largest absolute Gasteiger partial charge is 0.466 e. The summed E-state index contributed by atoms with van der Waals surface area (Å²) in [4.78, 5) is 32.1. The lowest BCUT2D eigenvalue weighted by Gasteiger charge is -2.31. The van der Waals surface area contributed by atoms with Gasteiger partial charge in [0, 0.05) is 24.0 Å². The van der Waals surface area contributed by atoms with Crippen LogP contribution in [-0.4, -0.2) is 64.8 Å². The second-order valence-electron chi connectivity index (χ2n) is 8.05. The first kappa shape index (κ1) is 21.1. The van der Waals surface area contributed by atoms with Gasteiger partial charge in [0.05, 0.1) is 24.8 Å². The van der Waals surface area contributed by atoms with Crippen LogP contribution in [0.15, 0.2) is 36.4 Å². The zero-order valence-electron chi connectivity index (χ0n) is 18.3. The Bertz CT molecular complexity index is 1050. The SMILES string of the molecule is CCOC(=O)C1CCN(CC(=O)N(C)c2cc(C)nn2-c2cc3ccccc3[nH]2)CC1. The number of esters is 1. The Morgan fingerprint density at radius 1 is 1.23 bits per heavy atom.